The van der Waals surface area contributed by atoms with Crippen LogP contribution in [0.2, 0.25) is 0 Å². The number of thiazole rings is 1. The number of piperazine rings is 1. The second-order valence-electron chi connectivity index (χ2n) is 7.39. The highest BCUT2D eigenvalue weighted by molar-refractivity contribution is 7.89. The number of benzene rings is 2. The quantitative estimate of drug-likeness (QED) is 0.598. The second-order valence-corrected chi connectivity index (χ2v) is 10.2. The van der Waals surface area contributed by atoms with E-state index in [0.29, 0.717) is 19.6 Å². The molecule has 6 nitrogen and oxygen atoms in total. The van der Waals surface area contributed by atoms with E-state index in [0.717, 1.165) is 34.7 Å². The third kappa shape index (κ3) is 5.09. The molecule has 2 aromatic carbocycles. The van der Waals surface area contributed by atoms with E-state index in [-0.39, 0.29) is 18.0 Å². The monoisotopic (exact) mass is 464 g/mol. The van der Waals surface area contributed by atoms with E-state index in [2.05, 4.69) is 15.2 Å². The van der Waals surface area contributed by atoms with E-state index < -0.39 is 21.7 Å². The summed E-state index contributed by atoms with van der Waals surface area (Å²) in [5.41, 5.74) is 3.08. The number of nitrogens with one attached hydrogen (secondary N) is 1. The number of anilines is 2. The Morgan fingerprint density at radius 2 is 1.74 bits per heavy atom. The maximum atomic E-state index is 13.5. The molecule has 0 bridgehead atoms. The van der Waals surface area contributed by atoms with E-state index in [1.165, 1.54) is 21.2 Å². The van der Waals surface area contributed by atoms with Crippen LogP contribution >= 0.6 is 11.3 Å². The molecule has 1 aliphatic rings. The largest absolute Gasteiger partial charge is 0.332 e. The van der Waals surface area contributed by atoms with Gasteiger partial charge in [-0.1, -0.05) is 17.7 Å². The minimum atomic E-state index is -3.85. The number of aryl methyl sites for hydroxylation is 1. The molecule has 4 rings (SSSR count). The molecule has 1 aliphatic heterocycles. The van der Waals surface area contributed by atoms with Gasteiger partial charge in [0.05, 0.1) is 10.6 Å². The van der Waals surface area contributed by atoms with Crippen LogP contribution in [0.5, 0.6) is 0 Å². The number of sulfonamides is 1. The van der Waals surface area contributed by atoms with E-state index in [1.54, 1.807) is 0 Å². The SMILES string of the molecule is Cc1ccc(Nc2nc(CN3CCN(S(=O)(=O)c4ccc(F)c(F)c4)CC3)cs2)cc1. The average molecular weight is 465 g/mol. The zero-order chi connectivity index (χ0) is 22.0. The zero-order valence-corrected chi connectivity index (χ0v) is 18.5. The first-order valence-electron chi connectivity index (χ1n) is 9.77. The number of hydrogen-bond donors (Lipinski definition) is 1. The summed E-state index contributed by atoms with van der Waals surface area (Å²) in [6, 6.07) is 10.7. The Kier molecular flexibility index (Phi) is 6.33. The van der Waals surface area contributed by atoms with Gasteiger partial charge in [0.15, 0.2) is 16.8 Å². The molecular weight excluding hydrogens is 442 g/mol. The van der Waals surface area contributed by atoms with Crippen molar-refractivity contribution in [2.45, 2.75) is 18.4 Å². The van der Waals surface area contributed by atoms with Crippen LogP contribution in [-0.2, 0) is 16.6 Å². The number of aromatic nitrogens is 1. The molecule has 0 radical (unpaired) electrons. The minimum absolute atomic E-state index is 0.230. The van der Waals surface area contributed by atoms with Crippen LogP contribution in [0.15, 0.2) is 52.7 Å². The summed E-state index contributed by atoms with van der Waals surface area (Å²) in [6.45, 7) is 4.27. The van der Waals surface area contributed by atoms with Gasteiger partial charge in [0.25, 0.3) is 0 Å². The Bertz CT molecular complexity index is 1160. The van der Waals surface area contributed by atoms with Crippen LogP contribution in [0.1, 0.15) is 11.3 Å². The summed E-state index contributed by atoms with van der Waals surface area (Å²) >= 11 is 1.52. The number of hydrogen-bond acceptors (Lipinski definition) is 6. The van der Waals surface area contributed by atoms with Crippen molar-refractivity contribution < 1.29 is 17.2 Å². The van der Waals surface area contributed by atoms with E-state index in [1.807, 2.05) is 36.6 Å². The van der Waals surface area contributed by atoms with Crippen molar-refractivity contribution in [1.82, 2.24) is 14.2 Å². The van der Waals surface area contributed by atoms with Gasteiger partial charge in [-0.3, -0.25) is 4.90 Å². The maximum Gasteiger partial charge on any atom is 0.243 e. The molecule has 1 fully saturated rings. The lowest BCUT2D eigenvalue weighted by atomic mass is 10.2. The van der Waals surface area contributed by atoms with Crippen LogP contribution < -0.4 is 5.32 Å². The number of halogens is 2. The van der Waals surface area contributed by atoms with Gasteiger partial charge in [-0.2, -0.15) is 4.31 Å². The summed E-state index contributed by atoms with van der Waals surface area (Å²) in [7, 11) is -3.85. The molecule has 1 N–H and O–H groups in total. The lowest BCUT2D eigenvalue weighted by molar-refractivity contribution is 0.180. The van der Waals surface area contributed by atoms with Gasteiger partial charge in [0, 0.05) is 43.8 Å². The van der Waals surface area contributed by atoms with Gasteiger partial charge in [0.1, 0.15) is 0 Å². The van der Waals surface area contributed by atoms with Gasteiger partial charge in [-0.05, 0) is 37.3 Å². The Hall–Kier alpha value is -2.40. The molecule has 0 unspecified atom stereocenters. The topological polar surface area (TPSA) is 65.5 Å². The Morgan fingerprint density at radius 3 is 2.42 bits per heavy atom. The van der Waals surface area contributed by atoms with Crippen LogP contribution in [0.25, 0.3) is 0 Å². The summed E-state index contributed by atoms with van der Waals surface area (Å²) in [5.74, 6) is -2.23. The fourth-order valence-corrected chi connectivity index (χ4v) is 5.50. The third-order valence-electron chi connectivity index (χ3n) is 5.10. The molecule has 0 atom stereocenters. The van der Waals surface area contributed by atoms with Gasteiger partial charge in [-0.15, -0.1) is 11.3 Å². The summed E-state index contributed by atoms with van der Waals surface area (Å²) in [5, 5.41) is 6.08. The fraction of sp³-hybridized carbons (Fsp3) is 0.286. The van der Waals surface area contributed by atoms with E-state index in [9.17, 15) is 17.2 Å². The predicted molar refractivity (Wildman–Crippen MR) is 117 cm³/mol. The fourth-order valence-electron chi connectivity index (χ4n) is 3.34. The van der Waals surface area contributed by atoms with Crippen molar-refractivity contribution in [3.8, 4) is 0 Å². The molecule has 164 valence electrons. The molecule has 0 amide bonds. The number of rotatable bonds is 6. The first-order chi connectivity index (χ1) is 14.8. The average Bonchev–Trinajstić information content (AvgIpc) is 3.19. The molecule has 1 saturated heterocycles. The summed E-state index contributed by atoms with van der Waals surface area (Å²) in [4.78, 5) is 6.51. The number of nitrogens with zero attached hydrogens (tertiary/aromatic N) is 3. The lowest BCUT2D eigenvalue weighted by Gasteiger charge is -2.33. The zero-order valence-electron chi connectivity index (χ0n) is 16.9. The van der Waals surface area contributed by atoms with Crippen molar-refractivity contribution >= 4 is 32.2 Å². The van der Waals surface area contributed by atoms with Crippen molar-refractivity contribution in [1.29, 1.82) is 0 Å². The summed E-state index contributed by atoms with van der Waals surface area (Å²) < 4.78 is 53.3. The van der Waals surface area contributed by atoms with E-state index >= 15 is 0 Å². The van der Waals surface area contributed by atoms with Gasteiger partial charge in [0.2, 0.25) is 10.0 Å². The molecule has 10 heteroatoms. The highest BCUT2D eigenvalue weighted by Gasteiger charge is 2.29. The van der Waals surface area contributed by atoms with Gasteiger partial charge < -0.3 is 5.32 Å². The molecule has 2 heterocycles. The highest BCUT2D eigenvalue weighted by Crippen LogP contribution is 2.23. The molecule has 0 spiro atoms. The van der Waals surface area contributed by atoms with Crippen molar-refractivity contribution in [3.63, 3.8) is 0 Å². The molecule has 0 saturated carbocycles. The third-order valence-corrected chi connectivity index (χ3v) is 7.80. The Morgan fingerprint density at radius 1 is 1.03 bits per heavy atom. The maximum absolute atomic E-state index is 13.5. The Balaban J connectivity index is 1.33. The molecular formula is C21H22F2N4O2S2. The lowest BCUT2D eigenvalue weighted by Crippen LogP contribution is -2.48. The van der Waals surface area contributed by atoms with Crippen LogP contribution in [0.4, 0.5) is 19.6 Å². The van der Waals surface area contributed by atoms with Crippen molar-refractivity contribution in [3.05, 3.63) is 70.7 Å². The van der Waals surface area contributed by atoms with Gasteiger partial charge in [-0.25, -0.2) is 22.2 Å². The van der Waals surface area contributed by atoms with Crippen molar-refractivity contribution in [2.24, 2.45) is 0 Å². The smallest absolute Gasteiger partial charge is 0.243 e. The summed E-state index contributed by atoms with van der Waals surface area (Å²) in [6.07, 6.45) is 0. The van der Waals surface area contributed by atoms with Crippen molar-refractivity contribution in [2.75, 3.05) is 31.5 Å². The van der Waals surface area contributed by atoms with Crippen LogP contribution in [0.3, 0.4) is 0 Å². The standard InChI is InChI=1S/C21H22F2N4O2S2/c1-15-2-4-16(5-3-15)24-21-25-17(14-30-21)13-26-8-10-27(11-9-26)31(28,29)18-6-7-19(22)20(23)12-18/h2-7,12,14H,8-11,13H2,1H3,(H,24,25). The van der Waals surface area contributed by atoms with Crippen LogP contribution in [0, 0.1) is 18.6 Å². The predicted octanol–water partition coefficient (Wildman–Crippen LogP) is 3.98. The van der Waals surface area contributed by atoms with E-state index in [4.69, 9.17) is 0 Å². The highest BCUT2D eigenvalue weighted by atomic mass is 32.2. The normalized spacial score (nSPS) is 15.8. The minimum Gasteiger partial charge on any atom is -0.332 e. The van der Waals surface area contributed by atoms with Gasteiger partial charge >= 0.3 is 0 Å². The van der Waals surface area contributed by atoms with Crippen LogP contribution in [-0.4, -0.2) is 48.8 Å². The first-order valence-corrected chi connectivity index (χ1v) is 12.1. The second kappa shape index (κ2) is 8.99. The molecule has 1 aromatic heterocycles. The molecule has 3 aromatic rings. The Labute approximate surface area is 184 Å². The molecule has 31 heavy (non-hydrogen) atoms. The first kappa shape index (κ1) is 21.8. The molecule has 0 aliphatic carbocycles.